The molecule has 0 aliphatic carbocycles. The molecule has 5 nitrogen and oxygen atoms in total. The molecule has 0 fully saturated rings. The summed E-state index contributed by atoms with van der Waals surface area (Å²) in [6, 6.07) is 0. The summed E-state index contributed by atoms with van der Waals surface area (Å²) in [6.07, 6.45) is 0. The van der Waals surface area contributed by atoms with Crippen molar-refractivity contribution in [2.24, 2.45) is 5.92 Å². The molecule has 0 amide bonds. The fraction of sp³-hybridized carbons (Fsp3) is 0.750. The summed E-state index contributed by atoms with van der Waals surface area (Å²) in [4.78, 5) is 11.3. The molecule has 0 unspecified atom stereocenters. The molecular formula is C12H22O5. The van der Waals surface area contributed by atoms with Gasteiger partial charge >= 0.3 is 5.97 Å². The summed E-state index contributed by atoms with van der Waals surface area (Å²) in [5.41, 5.74) is 0.469. The molecule has 0 aliphatic heterocycles. The zero-order chi connectivity index (χ0) is 13.1. The summed E-state index contributed by atoms with van der Waals surface area (Å²) in [7, 11) is 0. The predicted molar refractivity (Wildman–Crippen MR) is 63.7 cm³/mol. The highest BCUT2D eigenvalue weighted by Crippen LogP contribution is 2.07. The predicted octanol–water partition coefficient (Wildman–Crippen LogP) is 0.767. The Kier molecular flexibility index (Phi) is 9.71. The van der Waals surface area contributed by atoms with E-state index in [0.717, 1.165) is 0 Å². The SMILES string of the molecule is C=C(C(=O)OCCOCCOCCO)C(C)C. The molecule has 0 saturated heterocycles. The van der Waals surface area contributed by atoms with Gasteiger partial charge in [-0.25, -0.2) is 4.79 Å². The Balaban J connectivity index is 3.34. The smallest absolute Gasteiger partial charge is 0.333 e. The first-order valence-electron chi connectivity index (χ1n) is 5.71. The van der Waals surface area contributed by atoms with Crippen LogP contribution in [0.3, 0.4) is 0 Å². The van der Waals surface area contributed by atoms with Gasteiger partial charge in [0.05, 0.1) is 33.0 Å². The highest BCUT2D eigenvalue weighted by Gasteiger charge is 2.11. The van der Waals surface area contributed by atoms with Gasteiger partial charge < -0.3 is 19.3 Å². The Morgan fingerprint density at radius 3 is 2.18 bits per heavy atom. The van der Waals surface area contributed by atoms with E-state index in [2.05, 4.69) is 6.58 Å². The molecule has 0 radical (unpaired) electrons. The third-order valence-electron chi connectivity index (χ3n) is 2.03. The Labute approximate surface area is 102 Å². The van der Waals surface area contributed by atoms with E-state index in [1.807, 2.05) is 13.8 Å². The summed E-state index contributed by atoms with van der Waals surface area (Å²) in [6.45, 7) is 9.13. The molecule has 0 saturated carbocycles. The lowest BCUT2D eigenvalue weighted by Crippen LogP contribution is -2.16. The Bertz CT molecular complexity index is 225. The van der Waals surface area contributed by atoms with Gasteiger partial charge in [0, 0.05) is 5.57 Å². The van der Waals surface area contributed by atoms with E-state index in [4.69, 9.17) is 19.3 Å². The van der Waals surface area contributed by atoms with Gasteiger partial charge in [0.1, 0.15) is 6.61 Å². The number of rotatable bonds is 10. The average Bonchev–Trinajstić information content (AvgIpc) is 2.31. The number of aliphatic hydroxyl groups is 1. The number of ether oxygens (including phenoxy) is 3. The molecule has 0 rings (SSSR count). The molecule has 0 aromatic rings. The number of hydrogen-bond acceptors (Lipinski definition) is 5. The number of hydrogen-bond donors (Lipinski definition) is 1. The van der Waals surface area contributed by atoms with E-state index < -0.39 is 0 Å². The molecule has 0 spiro atoms. The summed E-state index contributed by atoms with van der Waals surface area (Å²) < 4.78 is 15.1. The molecule has 0 aliphatic rings. The van der Waals surface area contributed by atoms with Crippen LogP contribution in [0.2, 0.25) is 0 Å². The van der Waals surface area contributed by atoms with Gasteiger partial charge in [-0.2, -0.15) is 0 Å². The standard InChI is InChI=1S/C12H22O5/c1-10(2)11(3)12(14)17-9-8-16-7-6-15-5-4-13/h10,13H,3-9H2,1-2H3. The van der Waals surface area contributed by atoms with E-state index in [1.54, 1.807) is 0 Å². The van der Waals surface area contributed by atoms with Crippen molar-refractivity contribution in [3.05, 3.63) is 12.2 Å². The average molecular weight is 246 g/mol. The van der Waals surface area contributed by atoms with Crippen molar-refractivity contribution < 1.29 is 24.1 Å². The van der Waals surface area contributed by atoms with E-state index in [1.165, 1.54) is 0 Å². The van der Waals surface area contributed by atoms with Gasteiger partial charge in [0.15, 0.2) is 0 Å². The lowest BCUT2D eigenvalue weighted by Gasteiger charge is -2.09. The van der Waals surface area contributed by atoms with Gasteiger partial charge in [0.25, 0.3) is 0 Å². The number of carbonyl (C=O) groups is 1. The summed E-state index contributed by atoms with van der Waals surface area (Å²) >= 11 is 0. The lowest BCUT2D eigenvalue weighted by atomic mass is 10.1. The van der Waals surface area contributed by atoms with E-state index in [0.29, 0.717) is 32.0 Å². The minimum Gasteiger partial charge on any atom is -0.460 e. The first kappa shape index (κ1) is 16.1. The maximum Gasteiger partial charge on any atom is 0.333 e. The van der Waals surface area contributed by atoms with Crippen molar-refractivity contribution in [2.45, 2.75) is 13.8 Å². The molecule has 1 N–H and O–H groups in total. The van der Waals surface area contributed by atoms with Crippen molar-refractivity contribution in [3.63, 3.8) is 0 Å². The van der Waals surface area contributed by atoms with Crippen LogP contribution in [-0.2, 0) is 19.0 Å². The molecular weight excluding hydrogens is 224 g/mol. The van der Waals surface area contributed by atoms with Crippen molar-refractivity contribution in [1.29, 1.82) is 0 Å². The van der Waals surface area contributed by atoms with Crippen LogP contribution in [0.1, 0.15) is 13.8 Å². The van der Waals surface area contributed by atoms with Gasteiger partial charge in [0.2, 0.25) is 0 Å². The van der Waals surface area contributed by atoms with Crippen LogP contribution < -0.4 is 0 Å². The largest absolute Gasteiger partial charge is 0.460 e. The molecule has 0 aromatic heterocycles. The van der Waals surface area contributed by atoms with Crippen molar-refractivity contribution in [1.82, 2.24) is 0 Å². The minimum atomic E-state index is -0.375. The molecule has 100 valence electrons. The minimum absolute atomic E-state index is 0.00886. The van der Waals surface area contributed by atoms with Crippen LogP contribution in [0, 0.1) is 5.92 Å². The number of esters is 1. The highest BCUT2D eigenvalue weighted by molar-refractivity contribution is 5.88. The molecule has 0 aromatic carbocycles. The summed E-state index contributed by atoms with van der Waals surface area (Å²) in [5.74, 6) is -0.282. The first-order chi connectivity index (χ1) is 8.09. The van der Waals surface area contributed by atoms with Crippen molar-refractivity contribution in [2.75, 3.05) is 39.6 Å². The van der Waals surface area contributed by atoms with Crippen molar-refractivity contribution in [3.8, 4) is 0 Å². The second kappa shape index (κ2) is 10.3. The van der Waals surface area contributed by atoms with Crippen LogP contribution >= 0.6 is 0 Å². The molecule has 0 atom stereocenters. The fourth-order valence-corrected chi connectivity index (χ4v) is 0.908. The van der Waals surface area contributed by atoms with Gasteiger partial charge in [-0.15, -0.1) is 0 Å². The van der Waals surface area contributed by atoms with Crippen LogP contribution in [0.4, 0.5) is 0 Å². The maximum atomic E-state index is 11.3. The van der Waals surface area contributed by atoms with Gasteiger partial charge in [-0.1, -0.05) is 20.4 Å². The molecule has 0 heterocycles. The Morgan fingerprint density at radius 1 is 1.12 bits per heavy atom. The molecule has 0 bridgehead atoms. The van der Waals surface area contributed by atoms with Crippen LogP contribution in [0.15, 0.2) is 12.2 Å². The topological polar surface area (TPSA) is 65.0 Å². The van der Waals surface area contributed by atoms with E-state index in [9.17, 15) is 4.79 Å². The number of aliphatic hydroxyl groups excluding tert-OH is 1. The normalized spacial score (nSPS) is 10.6. The van der Waals surface area contributed by atoms with Crippen LogP contribution in [0.5, 0.6) is 0 Å². The molecule has 5 heteroatoms. The highest BCUT2D eigenvalue weighted by atomic mass is 16.6. The van der Waals surface area contributed by atoms with Crippen LogP contribution in [-0.4, -0.2) is 50.7 Å². The quantitative estimate of drug-likeness (QED) is 0.350. The second-order valence-corrected chi connectivity index (χ2v) is 3.76. The van der Waals surface area contributed by atoms with E-state index in [-0.39, 0.29) is 25.1 Å². The zero-order valence-electron chi connectivity index (χ0n) is 10.6. The Morgan fingerprint density at radius 2 is 1.65 bits per heavy atom. The summed E-state index contributed by atoms with van der Waals surface area (Å²) in [5, 5.41) is 8.43. The second-order valence-electron chi connectivity index (χ2n) is 3.76. The fourth-order valence-electron chi connectivity index (χ4n) is 0.908. The van der Waals surface area contributed by atoms with Gasteiger partial charge in [-0.3, -0.25) is 0 Å². The monoisotopic (exact) mass is 246 g/mol. The molecule has 17 heavy (non-hydrogen) atoms. The Hall–Kier alpha value is -0.910. The first-order valence-corrected chi connectivity index (χ1v) is 5.71. The van der Waals surface area contributed by atoms with Crippen LogP contribution in [0.25, 0.3) is 0 Å². The van der Waals surface area contributed by atoms with E-state index >= 15 is 0 Å². The number of carbonyl (C=O) groups excluding carboxylic acids is 1. The maximum absolute atomic E-state index is 11.3. The third-order valence-corrected chi connectivity index (χ3v) is 2.03. The lowest BCUT2D eigenvalue weighted by molar-refractivity contribution is -0.141. The third kappa shape index (κ3) is 8.85. The zero-order valence-corrected chi connectivity index (χ0v) is 10.6. The van der Waals surface area contributed by atoms with Crippen molar-refractivity contribution >= 4 is 5.97 Å². The van der Waals surface area contributed by atoms with Gasteiger partial charge in [-0.05, 0) is 5.92 Å².